The lowest BCUT2D eigenvalue weighted by Gasteiger charge is -2.29. The van der Waals surface area contributed by atoms with Crippen molar-refractivity contribution in [3.8, 4) is 5.75 Å². The third-order valence-corrected chi connectivity index (χ3v) is 4.14. The van der Waals surface area contributed by atoms with Crippen molar-refractivity contribution in [2.45, 2.75) is 19.4 Å². The first-order chi connectivity index (χ1) is 9.67. The van der Waals surface area contributed by atoms with E-state index in [1.165, 1.54) is 12.8 Å². The van der Waals surface area contributed by atoms with E-state index in [4.69, 9.17) is 4.74 Å². The Morgan fingerprint density at radius 2 is 2.30 bits per heavy atom. The molecule has 1 aliphatic heterocycles. The Hall–Kier alpha value is -1.75. The van der Waals surface area contributed by atoms with Gasteiger partial charge in [-0.3, -0.25) is 4.57 Å². The summed E-state index contributed by atoms with van der Waals surface area (Å²) < 4.78 is 7.06. The van der Waals surface area contributed by atoms with Gasteiger partial charge in [-0.05, 0) is 44.5 Å². The number of ether oxygens (including phenoxy) is 1. The van der Waals surface area contributed by atoms with Crippen molar-refractivity contribution in [1.29, 1.82) is 0 Å². The number of aromatic nitrogens is 2. The number of hydrogen-bond donors (Lipinski definition) is 1. The van der Waals surface area contributed by atoms with Crippen LogP contribution in [0.5, 0.6) is 5.75 Å². The standard InChI is InChI=1S/C15H21N3O2/c1-17-7-3-4-11(9-17)10-18-14-6-5-12(20-2)8-13(14)16-15(18)19/h5-6,8,11H,3-4,7,9-10H2,1-2H3,(H,16,19). The predicted octanol–water partition coefficient (Wildman–Crippen LogP) is 1.68. The fourth-order valence-corrected chi connectivity index (χ4v) is 3.13. The fraction of sp³-hybridized carbons (Fsp3) is 0.533. The van der Waals surface area contributed by atoms with Crippen LogP contribution in [0.1, 0.15) is 12.8 Å². The van der Waals surface area contributed by atoms with Crippen molar-refractivity contribution in [3.63, 3.8) is 0 Å². The van der Waals surface area contributed by atoms with Crippen molar-refractivity contribution in [2.24, 2.45) is 5.92 Å². The summed E-state index contributed by atoms with van der Waals surface area (Å²) in [6.07, 6.45) is 2.41. The minimum Gasteiger partial charge on any atom is -0.497 e. The molecule has 0 amide bonds. The van der Waals surface area contributed by atoms with Crippen LogP contribution >= 0.6 is 0 Å². The normalized spacial score (nSPS) is 20.4. The summed E-state index contributed by atoms with van der Waals surface area (Å²) in [6.45, 7) is 3.02. The molecular weight excluding hydrogens is 254 g/mol. The van der Waals surface area contributed by atoms with E-state index < -0.39 is 0 Å². The average Bonchev–Trinajstić information content (AvgIpc) is 2.74. The number of hydrogen-bond acceptors (Lipinski definition) is 3. The molecule has 1 aliphatic rings. The summed E-state index contributed by atoms with van der Waals surface area (Å²) >= 11 is 0. The second kappa shape index (κ2) is 5.32. The second-order valence-electron chi connectivity index (χ2n) is 5.69. The van der Waals surface area contributed by atoms with E-state index in [-0.39, 0.29) is 5.69 Å². The molecule has 0 saturated carbocycles. The van der Waals surface area contributed by atoms with Gasteiger partial charge in [-0.15, -0.1) is 0 Å². The zero-order valence-corrected chi connectivity index (χ0v) is 12.1. The molecule has 5 nitrogen and oxygen atoms in total. The minimum absolute atomic E-state index is 0.0264. The number of H-pyrrole nitrogens is 1. The summed E-state index contributed by atoms with van der Waals surface area (Å²) in [5.41, 5.74) is 1.78. The zero-order chi connectivity index (χ0) is 14.1. The largest absolute Gasteiger partial charge is 0.497 e. The maximum atomic E-state index is 12.1. The van der Waals surface area contributed by atoms with Gasteiger partial charge in [0.05, 0.1) is 18.1 Å². The van der Waals surface area contributed by atoms with Gasteiger partial charge in [0.2, 0.25) is 0 Å². The number of likely N-dealkylation sites (tertiary alicyclic amines) is 1. The van der Waals surface area contributed by atoms with Gasteiger partial charge in [0.1, 0.15) is 5.75 Å². The molecule has 1 unspecified atom stereocenters. The topological polar surface area (TPSA) is 50.3 Å². The van der Waals surface area contributed by atoms with E-state index in [9.17, 15) is 4.79 Å². The van der Waals surface area contributed by atoms with Crippen LogP contribution in [0, 0.1) is 5.92 Å². The van der Waals surface area contributed by atoms with Crippen LogP contribution in [0.25, 0.3) is 11.0 Å². The van der Waals surface area contributed by atoms with Crippen LogP contribution in [-0.2, 0) is 6.54 Å². The van der Waals surface area contributed by atoms with Gasteiger partial charge in [-0.25, -0.2) is 4.79 Å². The van der Waals surface area contributed by atoms with E-state index in [1.807, 2.05) is 22.8 Å². The third-order valence-electron chi connectivity index (χ3n) is 4.14. The molecule has 1 atom stereocenters. The molecule has 3 rings (SSSR count). The lowest BCUT2D eigenvalue weighted by atomic mass is 9.98. The van der Waals surface area contributed by atoms with Gasteiger partial charge < -0.3 is 14.6 Å². The Morgan fingerprint density at radius 3 is 3.05 bits per heavy atom. The number of imidazole rings is 1. The van der Waals surface area contributed by atoms with Crippen molar-refractivity contribution in [1.82, 2.24) is 14.5 Å². The van der Waals surface area contributed by atoms with Crippen LogP contribution in [-0.4, -0.2) is 41.7 Å². The Labute approximate surface area is 118 Å². The van der Waals surface area contributed by atoms with Gasteiger partial charge >= 0.3 is 5.69 Å². The number of benzene rings is 1. The van der Waals surface area contributed by atoms with Crippen molar-refractivity contribution < 1.29 is 4.74 Å². The zero-order valence-electron chi connectivity index (χ0n) is 12.1. The highest BCUT2D eigenvalue weighted by Crippen LogP contribution is 2.21. The average molecular weight is 275 g/mol. The van der Waals surface area contributed by atoms with Gasteiger partial charge in [-0.1, -0.05) is 0 Å². The van der Waals surface area contributed by atoms with Crippen LogP contribution in [0.3, 0.4) is 0 Å². The summed E-state index contributed by atoms with van der Waals surface area (Å²) in [7, 11) is 3.78. The van der Waals surface area contributed by atoms with Crippen LogP contribution in [0.4, 0.5) is 0 Å². The van der Waals surface area contributed by atoms with E-state index in [0.29, 0.717) is 5.92 Å². The number of rotatable bonds is 3. The highest BCUT2D eigenvalue weighted by Gasteiger charge is 2.19. The summed E-state index contributed by atoms with van der Waals surface area (Å²) in [4.78, 5) is 17.4. The summed E-state index contributed by atoms with van der Waals surface area (Å²) in [6, 6.07) is 5.73. The SMILES string of the molecule is COc1ccc2c(c1)[nH]c(=O)n2CC1CCCN(C)C1. The molecule has 0 radical (unpaired) electrons. The minimum atomic E-state index is -0.0264. The Morgan fingerprint density at radius 1 is 1.45 bits per heavy atom. The molecule has 1 fully saturated rings. The van der Waals surface area contributed by atoms with Crippen LogP contribution in [0.15, 0.2) is 23.0 Å². The van der Waals surface area contributed by atoms with E-state index in [1.54, 1.807) is 7.11 Å². The van der Waals surface area contributed by atoms with E-state index in [0.717, 1.165) is 36.4 Å². The molecule has 0 aliphatic carbocycles. The molecule has 1 saturated heterocycles. The highest BCUT2D eigenvalue weighted by atomic mass is 16.5. The molecule has 0 bridgehead atoms. The first-order valence-electron chi connectivity index (χ1n) is 7.12. The monoisotopic (exact) mass is 275 g/mol. The number of fused-ring (bicyclic) bond motifs is 1. The van der Waals surface area contributed by atoms with Gasteiger partial charge in [0.25, 0.3) is 0 Å². The van der Waals surface area contributed by atoms with Gasteiger partial charge in [0.15, 0.2) is 0 Å². The van der Waals surface area contributed by atoms with Crippen molar-refractivity contribution in [3.05, 3.63) is 28.7 Å². The number of methoxy groups -OCH3 is 1. The molecule has 108 valence electrons. The van der Waals surface area contributed by atoms with Gasteiger partial charge in [-0.2, -0.15) is 0 Å². The molecule has 2 heterocycles. The molecule has 20 heavy (non-hydrogen) atoms. The maximum Gasteiger partial charge on any atom is 0.326 e. The first-order valence-corrected chi connectivity index (χ1v) is 7.12. The number of aromatic amines is 1. The second-order valence-corrected chi connectivity index (χ2v) is 5.69. The highest BCUT2D eigenvalue weighted by molar-refractivity contribution is 5.76. The number of nitrogens with zero attached hydrogens (tertiary/aromatic N) is 2. The smallest absolute Gasteiger partial charge is 0.326 e. The first kappa shape index (κ1) is 13.2. The maximum absolute atomic E-state index is 12.1. The van der Waals surface area contributed by atoms with Crippen LogP contribution < -0.4 is 10.4 Å². The Kier molecular flexibility index (Phi) is 3.53. The predicted molar refractivity (Wildman–Crippen MR) is 79.3 cm³/mol. The number of piperidine rings is 1. The molecule has 2 aromatic rings. The van der Waals surface area contributed by atoms with Crippen LogP contribution in [0.2, 0.25) is 0 Å². The van der Waals surface area contributed by atoms with Gasteiger partial charge in [0, 0.05) is 19.2 Å². The van der Waals surface area contributed by atoms with Crippen molar-refractivity contribution >= 4 is 11.0 Å². The Bertz CT molecular complexity index is 659. The molecule has 1 aromatic carbocycles. The third kappa shape index (κ3) is 2.45. The van der Waals surface area contributed by atoms with Crippen molar-refractivity contribution in [2.75, 3.05) is 27.2 Å². The molecule has 1 N–H and O–H groups in total. The Balaban J connectivity index is 1.91. The molecular formula is C15H21N3O2. The lowest BCUT2D eigenvalue weighted by molar-refractivity contribution is 0.194. The molecule has 5 heteroatoms. The fourth-order valence-electron chi connectivity index (χ4n) is 3.13. The lowest BCUT2D eigenvalue weighted by Crippen LogP contribution is -2.35. The summed E-state index contributed by atoms with van der Waals surface area (Å²) in [5.74, 6) is 1.32. The molecule has 0 spiro atoms. The van der Waals surface area contributed by atoms with E-state index >= 15 is 0 Å². The van der Waals surface area contributed by atoms with E-state index in [2.05, 4.69) is 16.9 Å². The summed E-state index contributed by atoms with van der Waals surface area (Å²) in [5, 5.41) is 0. The molecule has 1 aromatic heterocycles. The quantitative estimate of drug-likeness (QED) is 0.927. The number of nitrogens with one attached hydrogen (secondary N) is 1.